The van der Waals surface area contributed by atoms with Crippen molar-refractivity contribution in [3.63, 3.8) is 0 Å². The van der Waals surface area contributed by atoms with E-state index in [0.29, 0.717) is 11.9 Å². The molecule has 2 N–H and O–H groups in total. The lowest BCUT2D eigenvalue weighted by molar-refractivity contribution is 0.0994. The van der Waals surface area contributed by atoms with Gasteiger partial charge in [0.25, 0.3) is 5.91 Å². The van der Waals surface area contributed by atoms with Crippen LogP contribution in [0.5, 0.6) is 0 Å². The third-order valence-electron chi connectivity index (χ3n) is 4.11. The van der Waals surface area contributed by atoms with Gasteiger partial charge in [-0.3, -0.25) is 4.79 Å². The average molecular weight is 280 g/mol. The zero-order valence-electron chi connectivity index (χ0n) is 11.8. The Balaban J connectivity index is 2.02. The summed E-state index contributed by atoms with van der Waals surface area (Å²) in [6, 6.07) is 10.1. The van der Waals surface area contributed by atoms with Crippen molar-refractivity contribution >= 4 is 28.8 Å². The van der Waals surface area contributed by atoms with E-state index in [2.05, 4.69) is 9.88 Å². The Labute approximate surface area is 123 Å². The minimum absolute atomic E-state index is 0.0124. The van der Waals surface area contributed by atoms with Crippen LogP contribution in [0.2, 0.25) is 0 Å². The second-order valence-electron chi connectivity index (χ2n) is 5.58. The van der Waals surface area contributed by atoms with Crippen LogP contribution in [0.3, 0.4) is 0 Å². The lowest BCUT2D eigenvalue weighted by Crippen LogP contribution is -2.25. The Morgan fingerprint density at radius 3 is 2.71 bits per heavy atom. The van der Waals surface area contributed by atoms with Crippen LogP contribution in [-0.2, 0) is 0 Å². The maximum atomic E-state index is 12.7. The molecule has 1 aliphatic carbocycles. The van der Waals surface area contributed by atoms with Crippen molar-refractivity contribution in [3.8, 4) is 0 Å². The Hall–Kier alpha value is -2.56. The van der Waals surface area contributed by atoms with Gasteiger partial charge in [0.1, 0.15) is 5.82 Å². The van der Waals surface area contributed by atoms with Crippen molar-refractivity contribution in [3.05, 3.63) is 42.1 Å². The number of hydrogen-bond acceptors (Lipinski definition) is 4. The first-order valence-electron chi connectivity index (χ1n) is 7.08. The molecule has 2 aromatic rings. The molecule has 0 saturated heterocycles. The number of nitrogens with zero attached hydrogens (tertiary/aromatic N) is 3. The first kappa shape index (κ1) is 12.2. The Bertz CT molecular complexity index is 739. The molecule has 21 heavy (non-hydrogen) atoms. The number of amides is 1. The highest BCUT2D eigenvalue weighted by Gasteiger charge is 2.37. The van der Waals surface area contributed by atoms with Gasteiger partial charge in [0.05, 0.1) is 28.8 Å². The number of para-hydroxylation sites is 1. The zero-order valence-corrected chi connectivity index (χ0v) is 11.8. The van der Waals surface area contributed by atoms with E-state index in [4.69, 9.17) is 5.73 Å². The molecule has 4 rings (SSSR count). The van der Waals surface area contributed by atoms with Crippen LogP contribution in [0, 0.1) is 0 Å². The molecule has 0 atom stereocenters. The summed E-state index contributed by atoms with van der Waals surface area (Å²) in [6.45, 7) is 0. The van der Waals surface area contributed by atoms with Crippen LogP contribution < -0.4 is 15.5 Å². The minimum atomic E-state index is -0.0124. The van der Waals surface area contributed by atoms with E-state index in [0.717, 1.165) is 35.5 Å². The summed E-state index contributed by atoms with van der Waals surface area (Å²) in [5.41, 5.74) is 9.32. The molecule has 1 aliphatic heterocycles. The van der Waals surface area contributed by atoms with Crippen molar-refractivity contribution in [2.24, 2.45) is 0 Å². The highest BCUT2D eigenvalue weighted by molar-refractivity contribution is 6.13. The molecule has 5 nitrogen and oxygen atoms in total. The summed E-state index contributed by atoms with van der Waals surface area (Å²) in [5, 5.41) is 0. The first-order chi connectivity index (χ1) is 10.2. The van der Waals surface area contributed by atoms with Crippen LogP contribution in [0.25, 0.3) is 0 Å². The second-order valence-corrected chi connectivity index (χ2v) is 5.58. The maximum Gasteiger partial charge on any atom is 0.260 e. The minimum Gasteiger partial charge on any atom is -0.384 e. The molecule has 0 unspecified atom stereocenters. The normalized spacial score (nSPS) is 17.3. The summed E-state index contributed by atoms with van der Waals surface area (Å²) in [7, 11) is 1.78. The average Bonchev–Trinajstić information content (AvgIpc) is 3.31. The van der Waals surface area contributed by atoms with Crippen molar-refractivity contribution in [1.82, 2.24) is 4.98 Å². The van der Waals surface area contributed by atoms with Gasteiger partial charge in [-0.2, -0.15) is 0 Å². The smallest absolute Gasteiger partial charge is 0.260 e. The number of fused-ring (bicyclic) bond motifs is 2. The number of anilines is 4. The summed E-state index contributed by atoms with van der Waals surface area (Å²) in [4.78, 5) is 20.8. The van der Waals surface area contributed by atoms with E-state index in [1.165, 1.54) is 0 Å². The van der Waals surface area contributed by atoms with Crippen LogP contribution >= 0.6 is 0 Å². The van der Waals surface area contributed by atoms with Crippen molar-refractivity contribution in [2.75, 3.05) is 22.6 Å². The lowest BCUT2D eigenvalue weighted by Gasteiger charge is -2.26. The molecular formula is C16H16N4O. The molecule has 1 aromatic heterocycles. The number of rotatable bonds is 1. The van der Waals surface area contributed by atoms with Crippen molar-refractivity contribution in [2.45, 2.75) is 18.9 Å². The van der Waals surface area contributed by atoms with Crippen molar-refractivity contribution in [1.29, 1.82) is 0 Å². The topological polar surface area (TPSA) is 62.5 Å². The van der Waals surface area contributed by atoms with E-state index >= 15 is 0 Å². The number of carbonyl (C=O) groups excluding carboxylic acids is 1. The number of hydrogen-bond donors (Lipinski definition) is 1. The Kier molecular flexibility index (Phi) is 2.45. The number of nitrogens with two attached hydrogens (primary N) is 1. The number of pyridine rings is 1. The van der Waals surface area contributed by atoms with Gasteiger partial charge in [-0.25, -0.2) is 4.98 Å². The fourth-order valence-corrected chi connectivity index (χ4v) is 2.92. The van der Waals surface area contributed by atoms with E-state index in [1.807, 2.05) is 30.3 Å². The molecule has 1 amide bonds. The van der Waals surface area contributed by atoms with E-state index in [9.17, 15) is 4.79 Å². The Morgan fingerprint density at radius 2 is 1.95 bits per heavy atom. The summed E-state index contributed by atoms with van der Waals surface area (Å²) in [6.07, 6.45) is 3.95. The predicted octanol–water partition coefficient (Wildman–Crippen LogP) is 2.55. The van der Waals surface area contributed by atoms with E-state index in [-0.39, 0.29) is 5.91 Å². The summed E-state index contributed by atoms with van der Waals surface area (Å²) in [5.74, 6) is 0.459. The number of aromatic nitrogens is 1. The maximum absolute atomic E-state index is 12.7. The molecule has 0 bridgehead atoms. The van der Waals surface area contributed by atoms with E-state index < -0.39 is 0 Å². The highest BCUT2D eigenvalue weighted by atomic mass is 16.2. The largest absolute Gasteiger partial charge is 0.384 e. The van der Waals surface area contributed by atoms with Crippen LogP contribution in [0.15, 0.2) is 36.5 Å². The Morgan fingerprint density at radius 1 is 1.19 bits per heavy atom. The number of nitrogen functional groups attached to an aromatic ring is 1. The molecule has 2 aliphatic rings. The molecular weight excluding hydrogens is 264 g/mol. The molecule has 106 valence electrons. The monoisotopic (exact) mass is 280 g/mol. The van der Waals surface area contributed by atoms with Gasteiger partial charge in [-0.1, -0.05) is 12.1 Å². The standard InChI is InChI=1S/C16H16N4O/c1-19-14-9-18-15(17)8-13(14)20(10-6-7-10)12-5-3-2-4-11(12)16(19)21/h2-5,8-10H,6-7H2,1H3,(H2,17,18). The quantitative estimate of drug-likeness (QED) is 0.872. The SMILES string of the molecule is CN1C(=O)c2ccccc2N(C2CC2)c2cc(N)ncc21. The number of benzene rings is 1. The third-order valence-corrected chi connectivity index (χ3v) is 4.11. The molecule has 5 heteroatoms. The van der Waals surface area contributed by atoms with Gasteiger partial charge in [0, 0.05) is 19.2 Å². The van der Waals surface area contributed by atoms with Crippen LogP contribution in [-0.4, -0.2) is 24.0 Å². The lowest BCUT2D eigenvalue weighted by atomic mass is 10.1. The fraction of sp³-hybridized carbons (Fsp3) is 0.250. The highest BCUT2D eigenvalue weighted by Crippen LogP contribution is 2.46. The second kappa shape index (κ2) is 4.22. The molecule has 1 fully saturated rings. The zero-order chi connectivity index (χ0) is 14.6. The summed E-state index contributed by atoms with van der Waals surface area (Å²) >= 11 is 0. The van der Waals surface area contributed by atoms with Gasteiger partial charge in [-0.05, 0) is 25.0 Å². The first-order valence-corrected chi connectivity index (χ1v) is 7.08. The third kappa shape index (κ3) is 1.77. The van der Waals surface area contributed by atoms with Crippen LogP contribution in [0.4, 0.5) is 22.9 Å². The van der Waals surface area contributed by atoms with E-state index in [1.54, 1.807) is 18.1 Å². The molecule has 1 aromatic carbocycles. The molecule has 0 spiro atoms. The van der Waals surface area contributed by atoms with Gasteiger partial charge in [-0.15, -0.1) is 0 Å². The number of carbonyl (C=O) groups is 1. The molecule has 1 saturated carbocycles. The summed E-state index contributed by atoms with van der Waals surface area (Å²) < 4.78 is 0. The van der Waals surface area contributed by atoms with Gasteiger partial charge < -0.3 is 15.5 Å². The molecule has 2 heterocycles. The molecule has 0 radical (unpaired) electrons. The van der Waals surface area contributed by atoms with Crippen LogP contribution in [0.1, 0.15) is 23.2 Å². The van der Waals surface area contributed by atoms with Gasteiger partial charge in [0.15, 0.2) is 0 Å². The predicted molar refractivity (Wildman–Crippen MR) is 83.0 cm³/mol. The van der Waals surface area contributed by atoms with Crippen molar-refractivity contribution < 1.29 is 4.79 Å². The fourth-order valence-electron chi connectivity index (χ4n) is 2.92. The van der Waals surface area contributed by atoms with Gasteiger partial charge in [0.2, 0.25) is 0 Å². The van der Waals surface area contributed by atoms with Gasteiger partial charge >= 0.3 is 0 Å².